The fraction of sp³-hybridized carbons (Fsp3) is 0.261. The molecular formula is C23H22F3N3O6. The second-order valence-corrected chi connectivity index (χ2v) is 7.40. The summed E-state index contributed by atoms with van der Waals surface area (Å²) in [4.78, 5) is 41.5. The van der Waals surface area contributed by atoms with Gasteiger partial charge >= 0.3 is 12.1 Å². The Bertz CT molecular complexity index is 1160. The molecule has 0 aliphatic carbocycles. The first kappa shape index (κ1) is 27.2. The molecule has 0 radical (unpaired) electrons. The van der Waals surface area contributed by atoms with Crippen LogP contribution in [0.5, 0.6) is 5.75 Å². The number of aromatic nitrogens is 1. The first-order chi connectivity index (χ1) is 16.3. The van der Waals surface area contributed by atoms with Gasteiger partial charge in [-0.2, -0.15) is 13.2 Å². The lowest BCUT2D eigenvalue weighted by Gasteiger charge is -2.28. The van der Waals surface area contributed by atoms with Crippen LogP contribution in [0.1, 0.15) is 28.7 Å². The van der Waals surface area contributed by atoms with E-state index in [0.717, 1.165) is 24.8 Å². The number of hydrogen-bond acceptors (Lipinski definition) is 8. The molecule has 1 aromatic heterocycles. The highest BCUT2D eigenvalue weighted by Gasteiger charge is 2.62. The Morgan fingerprint density at radius 2 is 1.86 bits per heavy atom. The average molecular weight is 493 g/mol. The molecule has 1 unspecified atom stereocenters. The number of aromatic hydroxyl groups is 1. The van der Waals surface area contributed by atoms with Crippen LogP contribution in [0.2, 0.25) is 0 Å². The zero-order valence-corrected chi connectivity index (χ0v) is 18.9. The Balaban J connectivity index is 0.000000250. The van der Waals surface area contributed by atoms with Gasteiger partial charge in [0, 0.05) is 35.9 Å². The van der Waals surface area contributed by atoms with Crippen LogP contribution in [0.25, 0.3) is 0 Å². The number of amides is 1. The number of aryl methyl sites for hydroxylation is 2. The van der Waals surface area contributed by atoms with Crippen molar-refractivity contribution in [3.63, 3.8) is 0 Å². The molecule has 2 aromatic rings. The third-order valence-corrected chi connectivity index (χ3v) is 4.81. The van der Waals surface area contributed by atoms with E-state index < -0.39 is 23.3 Å². The number of hydrogen-bond donors (Lipinski definition) is 3. The standard InChI is InChI=1S/C12H13F3O4.C11H9N3O2/c1-6-4-8(5-7(2)9(6)16)11(18,10(17)19-3)12(13,14)15;15-10-4-11(16)14-7-9(10)13-6-8-2-1-3-12-5-8/h4-5,16,18H,1-3H3;1-3,5-7H,4H2,(H,14,16). The van der Waals surface area contributed by atoms with Crippen LogP contribution < -0.4 is 5.32 Å². The van der Waals surface area contributed by atoms with Gasteiger partial charge in [0.2, 0.25) is 5.91 Å². The molecule has 0 fully saturated rings. The van der Waals surface area contributed by atoms with Crippen molar-refractivity contribution in [1.82, 2.24) is 10.3 Å². The first-order valence-electron chi connectivity index (χ1n) is 9.96. The van der Waals surface area contributed by atoms with Gasteiger partial charge in [-0.25, -0.2) is 4.79 Å². The van der Waals surface area contributed by atoms with Crippen LogP contribution in [-0.2, 0) is 24.7 Å². The molecule has 1 aliphatic heterocycles. The summed E-state index contributed by atoms with van der Waals surface area (Å²) < 4.78 is 43.0. The minimum absolute atomic E-state index is 0.113. The predicted octanol–water partition coefficient (Wildman–Crippen LogP) is 2.36. The molecule has 1 aliphatic rings. The Hall–Kier alpha value is -4.06. The topological polar surface area (TPSA) is 138 Å². The van der Waals surface area contributed by atoms with E-state index in [2.05, 4.69) is 20.0 Å². The monoisotopic (exact) mass is 493 g/mol. The number of alkyl halides is 3. The maximum absolute atomic E-state index is 13.0. The molecular weight excluding hydrogens is 471 g/mol. The summed E-state index contributed by atoms with van der Waals surface area (Å²) in [6, 6.07) is 5.39. The minimum atomic E-state index is -5.24. The van der Waals surface area contributed by atoms with Gasteiger partial charge < -0.3 is 20.3 Å². The number of phenolic OH excluding ortho intramolecular Hbond substituents is 1. The van der Waals surface area contributed by atoms with Gasteiger partial charge in [-0.1, -0.05) is 6.07 Å². The highest BCUT2D eigenvalue weighted by Crippen LogP contribution is 2.41. The van der Waals surface area contributed by atoms with Crippen molar-refractivity contribution in [2.24, 2.45) is 4.99 Å². The number of allylic oxidation sites excluding steroid dienone is 1. The van der Waals surface area contributed by atoms with Crippen LogP contribution in [0, 0.1) is 13.8 Å². The molecule has 1 atom stereocenters. The van der Waals surface area contributed by atoms with Crippen LogP contribution in [0.15, 0.2) is 53.5 Å². The van der Waals surface area contributed by atoms with E-state index in [1.807, 2.05) is 6.07 Å². The van der Waals surface area contributed by atoms with E-state index in [-0.39, 0.29) is 40.7 Å². The number of Topliss-reactive ketones (excluding diaryl/α,β-unsaturated/α-hetero) is 1. The molecule has 35 heavy (non-hydrogen) atoms. The van der Waals surface area contributed by atoms with Gasteiger partial charge in [-0.15, -0.1) is 0 Å². The number of pyridine rings is 1. The molecule has 1 amide bonds. The largest absolute Gasteiger partial charge is 0.507 e. The number of aliphatic imine (C=N–C) groups is 1. The van der Waals surface area contributed by atoms with E-state index in [4.69, 9.17) is 0 Å². The SMILES string of the molecule is COC(=O)C(O)(c1cc(C)c(O)c(C)c1)C(F)(F)F.O=C1CC(=O)C(N=Cc2cccnc2)=CN1. The van der Waals surface area contributed by atoms with Gasteiger partial charge in [0.05, 0.1) is 13.5 Å². The molecule has 9 nitrogen and oxygen atoms in total. The van der Waals surface area contributed by atoms with Crippen LogP contribution in [0.4, 0.5) is 13.2 Å². The predicted molar refractivity (Wildman–Crippen MR) is 117 cm³/mol. The third kappa shape index (κ3) is 6.29. The number of carbonyl (C=O) groups is 3. The van der Waals surface area contributed by atoms with Crippen molar-refractivity contribution in [2.75, 3.05) is 7.11 Å². The summed E-state index contributed by atoms with van der Waals surface area (Å²) >= 11 is 0. The number of nitrogens with one attached hydrogen (secondary N) is 1. The number of ketones is 1. The summed E-state index contributed by atoms with van der Waals surface area (Å²) in [6.07, 6.45) is 0.764. The van der Waals surface area contributed by atoms with E-state index >= 15 is 0 Å². The van der Waals surface area contributed by atoms with Crippen molar-refractivity contribution < 1.29 is 42.5 Å². The van der Waals surface area contributed by atoms with Crippen molar-refractivity contribution in [3.8, 4) is 5.75 Å². The molecule has 186 valence electrons. The Labute approximate surface area is 198 Å². The van der Waals surface area contributed by atoms with Gasteiger partial charge in [0.1, 0.15) is 11.4 Å². The molecule has 0 spiro atoms. The van der Waals surface area contributed by atoms with Gasteiger partial charge in [-0.3, -0.25) is 19.6 Å². The second kappa shape index (κ2) is 10.9. The van der Waals surface area contributed by atoms with Crippen LogP contribution in [0.3, 0.4) is 0 Å². The lowest BCUT2D eigenvalue weighted by Crippen LogP contribution is -2.49. The molecule has 0 bridgehead atoms. The summed E-state index contributed by atoms with van der Waals surface area (Å²) in [6.45, 7) is 2.72. The summed E-state index contributed by atoms with van der Waals surface area (Å²) in [5.41, 5.74) is -3.18. The molecule has 3 N–H and O–H groups in total. The van der Waals surface area contributed by atoms with Crippen molar-refractivity contribution in [2.45, 2.75) is 32.0 Å². The van der Waals surface area contributed by atoms with Crippen LogP contribution >= 0.6 is 0 Å². The molecule has 3 rings (SSSR count). The number of rotatable bonds is 4. The van der Waals surface area contributed by atoms with Crippen molar-refractivity contribution in [1.29, 1.82) is 0 Å². The maximum atomic E-state index is 13.0. The minimum Gasteiger partial charge on any atom is -0.507 e. The lowest BCUT2D eigenvalue weighted by atomic mass is 9.90. The lowest BCUT2D eigenvalue weighted by molar-refractivity contribution is -0.266. The quantitative estimate of drug-likeness (QED) is 0.338. The van der Waals surface area contributed by atoms with E-state index in [1.165, 1.54) is 26.3 Å². The molecule has 2 heterocycles. The number of benzene rings is 1. The van der Waals surface area contributed by atoms with Crippen LogP contribution in [-0.4, -0.2) is 52.4 Å². The summed E-state index contributed by atoms with van der Waals surface area (Å²) in [5.74, 6) is -2.60. The number of nitrogens with zero attached hydrogens (tertiary/aromatic N) is 2. The number of aliphatic hydroxyl groups is 1. The molecule has 0 saturated carbocycles. The van der Waals surface area contributed by atoms with Gasteiger partial charge in [0.15, 0.2) is 5.78 Å². The number of halogens is 3. The Morgan fingerprint density at radius 1 is 1.23 bits per heavy atom. The number of ether oxygens (including phenoxy) is 1. The zero-order valence-electron chi connectivity index (χ0n) is 18.9. The van der Waals surface area contributed by atoms with E-state index in [0.29, 0.717) is 0 Å². The second-order valence-electron chi connectivity index (χ2n) is 7.40. The van der Waals surface area contributed by atoms with Crippen molar-refractivity contribution >= 4 is 23.9 Å². The summed E-state index contributed by atoms with van der Waals surface area (Å²) in [7, 11) is 0.749. The number of phenols is 1. The molecule has 1 aromatic carbocycles. The van der Waals surface area contributed by atoms with Crippen molar-refractivity contribution in [3.05, 3.63) is 70.8 Å². The Morgan fingerprint density at radius 3 is 2.34 bits per heavy atom. The fourth-order valence-electron chi connectivity index (χ4n) is 2.93. The number of esters is 1. The normalized spacial score (nSPS) is 15.5. The maximum Gasteiger partial charge on any atom is 0.432 e. The number of methoxy groups -OCH3 is 1. The van der Waals surface area contributed by atoms with E-state index in [1.54, 1.807) is 18.5 Å². The highest BCUT2D eigenvalue weighted by molar-refractivity contribution is 6.10. The third-order valence-electron chi connectivity index (χ3n) is 4.81. The summed E-state index contributed by atoms with van der Waals surface area (Å²) in [5, 5.41) is 21.7. The fourth-order valence-corrected chi connectivity index (χ4v) is 2.93. The van der Waals surface area contributed by atoms with Gasteiger partial charge in [-0.05, 0) is 43.2 Å². The zero-order chi connectivity index (χ0) is 26.4. The van der Waals surface area contributed by atoms with E-state index in [9.17, 15) is 37.8 Å². The molecule has 12 heteroatoms. The van der Waals surface area contributed by atoms with Gasteiger partial charge in [0.25, 0.3) is 5.60 Å². The highest BCUT2D eigenvalue weighted by atomic mass is 19.4. The smallest absolute Gasteiger partial charge is 0.432 e. The first-order valence-corrected chi connectivity index (χ1v) is 9.96. The Kier molecular flexibility index (Phi) is 8.47. The number of carbonyl (C=O) groups excluding carboxylic acids is 3. The molecule has 0 saturated heterocycles. The average Bonchev–Trinajstić information content (AvgIpc) is 2.81.